The van der Waals surface area contributed by atoms with Crippen LogP contribution in [0, 0.1) is 0 Å². The fourth-order valence-corrected chi connectivity index (χ4v) is 2.84. The van der Waals surface area contributed by atoms with Gasteiger partial charge in [0.05, 0.1) is 6.10 Å². The number of ether oxygens (including phenoxy) is 1. The minimum Gasteiger partial charge on any atom is -0.491 e. The summed E-state index contributed by atoms with van der Waals surface area (Å²) in [6.45, 7) is 4.94. The Morgan fingerprint density at radius 1 is 1.00 bits per heavy atom. The van der Waals surface area contributed by atoms with Crippen LogP contribution in [-0.4, -0.2) is 6.10 Å². The van der Waals surface area contributed by atoms with Gasteiger partial charge in [0.2, 0.25) is 0 Å². The lowest BCUT2D eigenvalue weighted by Crippen LogP contribution is -2.05. The van der Waals surface area contributed by atoms with Gasteiger partial charge in [0.15, 0.2) is 0 Å². The van der Waals surface area contributed by atoms with E-state index < -0.39 is 0 Å². The topological polar surface area (TPSA) is 21.3 Å². The number of fused-ring (bicyclic) bond motifs is 1. The van der Waals surface area contributed by atoms with Gasteiger partial charge in [-0.05, 0) is 74.1 Å². The van der Waals surface area contributed by atoms with Gasteiger partial charge in [-0.1, -0.05) is 18.2 Å². The lowest BCUT2D eigenvalue weighted by atomic mass is 10.1. The third-order valence-corrected chi connectivity index (χ3v) is 3.89. The summed E-state index contributed by atoms with van der Waals surface area (Å²) < 4.78 is 5.66. The van der Waals surface area contributed by atoms with Crippen LogP contribution >= 0.6 is 0 Å². The van der Waals surface area contributed by atoms with Crippen LogP contribution in [0.1, 0.15) is 37.0 Å². The molecule has 0 fully saturated rings. The lowest BCUT2D eigenvalue weighted by molar-refractivity contribution is 0.242. The summed E-state index contributed by atoms with van der Waals surface area (Å²) in [6, 6.07) is 15.1. The molecule has 3 rings (SSSR count). The maximum atomic E-state index is 5.66. The molecule has 2 aromatic rings. The van der Waals surface area contributed by atoms with E-state index in [1.54, 1.807) is 0 Å². The van der Waals surface area contributed by atoms with Crippen LogP contribution < -0.4 is 10.1 Å². The Labute approximate surface area is 127 Å². The SMILES string of the molecule is CC(C)Oc1ccc(CNc2ccc3c(c2)CCC3)cc1. The minimum absolute atomic E-state index is 0.223. The van der Waals surface area contributed by atoms with Crippen molar-refractivity contribution in [3.63, 3.8) is 0 Å². The van der Waals surface area contributed by atoms with Crippen LogP contribution in [0.2, 0.25) is 0 Å². The molecule has 0 heterocycles. The van der Waals surface area contributed by atoms with Crippen molar-refractivity contribution in [3.05, 3.63) is 59.2 Å². The number of anilines is 1. The Kier molecular flexibility index (Phi) is 4.14. The molecule has 0 radical (unpaired) electrons. The predicted octanol–water partition coefficient (Wildman–Crippen LogP) is 4.57. The smallest absolute Gasteiger partial charge is 0.119 e. The Bertz CT molecular complexity index is 601. The van der Waals surface area contributed by atoms with Gasteiger partial charge in [-0.25, -0.2) is 0 Å². The van der Waals surface area contributed by atoms with E-state index in [0.29, 0.717) is 0 Å². The van der Waals surface area contributed by atoms with E-state index in [0.717, 1.165) is 12.3 Å². The van der Waals surface area contributed by atoms with Crippen LogP contribution in [-0.2, 0) is 19.4 Å². The molecular weight excluding hydrogens is 258 g/mol. The van der Waals surface area contributed by atoms with Crippen molar-refractivity contribution in [2.45, 2.75) is 45.8 Å². The quantitative estimate of drug-likeness (QED) is 0.866. The van der Waals surface area contributed by atoms with Crippen molar-refractivity contribution in [2.24, 2.45) is 0 Å². The first kappa shape index (κ1) is 14.0. The van der Waals surface area contributed by atoms with Gasteiger partial charge < -0.3 is 10.1 Å². The molecule has 0 amide bonds. The molecule has 0 saturated carbocycles. The largest absolute Gasteiger partial charge is 0.491 e. The Morgan fingerprint density at radius 2 is 1.76 bits per heavy atom. The van der Waals surface area contributed by atoms with Gasteiger partial charge in [-0.2, -0.15) is 0 Å². The zero-order chi connectivity index (χ0) is 14.7. The number of nitrogens with one attached hydrogen (secondary N) is 1. The van der Waals surface area contributed by atoms with Gasteiger partial charge in [0, 0.05) is 12.2 Å². The molecule has 0 aliphatic heterocycles. The highest BCUT2D eigenvalue weighted by atomic mass is 16.5. The third-order valence-electron chi connectivity index (χ3n) is 3.89. The number of benzene rings is 2. The monoisotopic (exact) mass is 281 g/mol. The van der Waals surface area contributed by atoms with Gasteiger partial charge in [0.25, 0.3) is 0 Å². The molecule has 110 valence electrons. The van der Waals surface area contributed by atoms with Crippen LogP contribution in [0.25, 0.3) is 0 Å². The van der Waals surface area contributed by atoms with Crippen LogP contribution in [0.4, 0.5) is 5.69 Å². The zero-order valence-electron chi connectivity index (χ0n) is 12.9. The van der Waals surface area contributed by atoms with E-state index in [1.807, 2.05) is 26.0 Å². The molecule has 0 aromatic heterocycles. The van der Waals surface area contributed by atoms with Gasteiger partial charge in [-0.3, -0.25) is 0 Å². The molecule has 2 aromatic carbocycles. The molecule has 2 nitrogen and oxygen atoms in total. The van der Waals surface area contributed by atoms with Crippen LogP contribution in [0.5, 0.6) is 5.75 Å². The van der Waals surface area contributed by atoms with E-state index >= 15 is 0 Å². The molecule has 0 unspecified atom stereocenters. The summed E-state index contributed by atoms with van der Waals surface area (Å²) in [4.78, 5) is 0. The van der Waals surface area contributed by atoms with Crippen LogP contribution in [0.15, 0.2) is 42.5 Å². The summed E-state index contributed by atoms with van der Waals surface area (Å²) in [5.74, 6) is 0.936. The average molecular weight is 281 g/mol. The first-order valence-corrected chi connectivity index (χ1v) is 7.82. The summed E-state index contributed by atoms with van der Waals surface area (Å²) in [5, 5.41) is 3.51. The number of hydrogen-bond donors (Lipinski definition) is 1. The second-order valence-electron chi connectivity index (χ2n) is 6.00. The highest BCUT2D eigenvalue weighted by Gasteiger charge is 2.10. The van der Waals surface area contributed by atoms with Crippen LogP contribution in [0.3, 0.4) is 0 Å². The predicted molar refractivity (Wildman–Crippen MR) is 88.0 cm³/mol. The van der Waals surface area contributed by atoms with E-state index in [2.05, 4.69) is 35.6 Å². The maximum absolute atomic E-state index is 5.66. The van der Waals surface area contributed by atoms with Crippen molar-refractivity contribution in [1.29, 1.82) is 0 Å². The fraction of sp³-hybridized carbons (Fsp3) is 0.368. The molecule has 0 spiro atoms. The van der Waals surface area contributed by atoms with E-state index in [9.17, 15) is 0 Å². The summed E-state index contributed by atoms with van der Waals surface area (Å²) in [6.07, 6.45) is 4.00. The van der Waals surface area contributed by atoms with Crippen molar-refractivity contribution < 1.29 is 4.74 Å². The second-order valence-corrected chi connectivity index (χ2v) is 6.00. The van der Waals surface area contributed by atoms with Gasteiger partial charge in [0.1, 0.15) is 5.75 Å². The summed E-state index contributed by atoms with van der Waals surface area (Å²) in [7, 11) is 0. The normalized spacial score (nSPS) is 13.3. The van der Waals surface area contributed by atoms with Gasteiger partial charge >= 0.3 is 0 Å². The Balaban J connectivity index is 1.59. The van der Waals surface area contributed by atoms with Gasteiger partial charge in [-0.15, -0.1) is 0 Å². The number of rotatable bonds is 5. The van der Waals surface area contributed by atoms with E-state index in [1.165, 1.54) is 41.6 Å². The minimum atomic E-state index is 0.223. The maximum Gasteiger partial charge on any atom is 0.119 e. The molecule has 0 bridgehead atoms. The first-order valence-electron chi connectivity index (χ1n) is 7.82. The molecule has 21 heavy (non-hydrogen) atoms. The highest BCUT2D eigenvalue weighted by molar-refractivity contribution is 5.50. The molecule has 1 aliphatic rings. The standard InChI is InChI=1S/C19H23NO/c1-14(2)21-19-10-6-15(7-11-19)13-20-18-9-8-16-4-3-5-17(16)12-18/h6-12,14,20H,3-5,13H2,1-2H3. The second kappa shape index (κ2) is 6.21. The average Bonchev–Trinajstić information content (AvgIpc) is 2.93. The zero-order valence-corrected chi connectivity index (χ0v) is 12.9. The van der Waals surface area contributed by atoms with E-state index in [-0.39, 0.29) is 6.10 Å². The molecular formula is C19H23NO. The Hall–Kier alpha value is -1.96. The van der Waals surface area contributed by atoms with Crippen molar-refractivity contribution in [1.82, 2.24) is 0 Å². The molecule has 2 heteroatoms. The lowest BCUT2D eigenvalue weighted by Gasteiger charge is -2.11. The van der Waals surface area contributed by atoms with Crippen molar-refractivity contribution in [3.8, 4) is 5.75 Å². The summed E-state index contributed by atoms with van der Waals surface area (Å²) in [5.41, 5.74) is 5.53. The summed E-state index contributed by atoms with van der Waals surface area (Å²) >= 11 is 0. The van der Waals surface area contributed by atoms with E-state index in [4.69, 9.17) is 4.74 Å². The number of hydrogen-bond acceptors (Lipinski definition) is 2. The molecule has 1 aliphatic carbocycles. The Morgan fingerprint density at radius 3 is 2.52 bits per heavy atom. The first-order chi connectivity index (χ1) is 10.2. The number of aryl methyl sites for hydroxylation is 2. The third kappa shape index (κ3) is 3.57. The fourth-order valence-electron chi connectivity index (χ4n) is 2.84. The van der Waals surface area contributed by atoms with Crippen molar-refractivity contribution >= 4 is 5.69 Å². The molecule has 0 atom stereocenters. The highest BCUT2D eigenvalue weighted by Crippen LogP contribution is 2.25. The molecule has 0 saturated heterocycles. The van der Waals surface area contributed by atoms with Crippen molar-refractivity contribution in [2.75, 3.05) is 5.32 Å². The molecule has 1 N–H and O–H groups in total.